The molecule has 1 fully saturated rings. The lowest BCUT2D eigenvalue weighted by atomic mass is 9.96. The zero-order chi connectivity index (χ0) is 12.7. The van der Waals surface area contributed by atoms with Crippen molar-refractivity contribution >= 4 is 5.91 Å². The monoisotopic (exact) mass is 240 g/mol. The van der Waals surface area contributed by atoms with E-state index in [1.165, 1.54) is 6.42 Å². The fraction of sp³-hybridized carbons (Fsp3) is 0.929. The van der Waals surface area contributed by atoms with Gasteiger partial charge in [0.25, 0.3) is 0 Å². The highest BCUT2D eigenvalue weighted by Crippen LogP contribution is 2.14. The van der Waals surface area contributed by atoms with Gasteiger partial charge in [0, 0.05) is 24.5 Å². The van der Waals surface area contributed by atoms with E-state index in [-0.39, 0.29) is 11.8 Å². The van der Waals surface area contributed by atoms with Crippen LogP contribution < -0.4 is 10.6 Å². The molecule has 0 aromatic carbocycles. The van der Waals surface area contributed by atoms with Gasteiger partial charge >= 0.3 is 0 Å². The Labute approximate surface area is 106 Å². The number of unbranched alkanes of at least 4 members (excludes halogenated alkanes) is 1. The first kappa shape index (κ1) is 14.5. The zero-order valence-electron chi connectivity index (χ0n) is 11.6. The lowest BCUT2D eigenvalue weighted by Crippen LogP contribution is -2.50. The Balaban J connectivity index is 2.31. The van der Waals surface area contributed by atoms with Crippen molar-refractivity contribution < 1.29 is 4.79 Å². The minimum absolute atomic E-state index is 0.217. The van der Waals surface area contributed by atoms with Gasteiger partial charge in [-0.05, 0) is 32.6 Å². The predicted molar refractivity (Wildman–Crippen MR) is 71.9 cm³/mol. The number of hydrogen-bond acceptors (Lipinski definition) is 2. The van der Waals surface area contributed by atoms with E-state index in [2.05, 4.69) is 31.4 Å². The molecule has 3 unspecified atom stereocenters. The van der Waals surface area contributed by atoms with Gasteiger partial charge in [-0.2, -0.15) is 0 Å². The molecule has 17 heavy (non-hydrogen) atoms. The first-order valence-electron chi connectivity index (χ1n) is 7.21. The van der Waals surface area contributed by atoms with Crippen molar-refractivity contribution in [3.63, 3.8) is 0 Å². The van der Waals surface area contributed by atoms with Gasteiger partial charge in [0.15, 0.2) is 0 Å². The molecule has 1 aliphatic heterocycles. The van der Waals surface area contributed by atoms with Crippen LogP contribution in [0.5, 0.6) is 0 Å². The molecule has 3 heteroatoms. The maximum absolute atomic E-state index is 12.1. The van der Waals surface area contributed by atoms with E-state index < -0.39 is 0 Å². The minimum Gasteiger partial charge on any atom is -0.352 e. The maximum atomic E-state index is 12.1. The molecule has 1 aliphatic rings. The molecule has 1 amide bonds. The third kappa shape index (κ3) is 5.07. The number of piperidine rings is 1. The molecule has 3 atom stereocenters. The smallest absolute Gasteiger partial charge is 0.223 e. The quantitative estimate of drug-likeness (QED) is 0.749. The van der Waals surface area contributed by atoms with E-state index in [0.717, 1.165) is 38.6 Å². The van der Waals surface area contributed by atoms with Crippen LogP contribution in [0.3, 0.4) is 0 Å². The van der Waals surface area contributed by atoms with Crippen molar-refractivity contribution in [1.29, 1.82) is 0 Å². The molecule has 1 heterocycles. The highest BCUT2D eigenvalue weighted by molar-refractivity contribution is 5.78. The van der Waals surface area contributed by atoms with Crippen molar-refractivity contribution in [3.05, 3.63) is 0 Å². The summed E-state index contributed by atoms with van der Waals surface area (Å²) in [6.07, 6.45) is 6.61. The highest BCUT2D eigenvalue weighted by atomic mass is 16.1. The number of nitrogens with one attached hydrogen (secondary N) is 2. The van der Waals surface area contributed by atoms with Gasteiger partial charge < -0.3 is 10.6 Å². The van der Waals surface area contributed by atoms with Crippen molar-refractivity contribution in [1.82, 2.24) is 10.6 Å². The van der Waals surface area contributed by atoms with Crippen molar-refractivity contribution in [2.75, 3.05) is 6.54 Å². The molecule has 3 nitrogen and oxygen atoms in total. The van der Waals surface area contributed by atoms with Gasteiger partial charge in [-0.1, -0.05) is 26.7 Å². The second kappa shape index (κ2) is 7.70. The van der Waals surface area contributed by atoms with Gasteiger partial charge in [0.05, 0.1) is 0 Å². The summed E-state index contributed by atoms with van der Waals surface area (Å²) in [7, 11) is 0. The van der Waals surface area contributed by atoms with Crippen molar-refractivity contribution in [3.8, 4) is 0 Å². The number of carbonyl (C=O) groups excluding carboxylic acids is 1. The third-order valence-corrected chi connectivity index (χ3v) is 3.78. The Hall–Kier alpha value is -0.570. The average Bonchev–Trinajstić information content (AvgIpc) is 2.33. The van der Waals surface area contributed by atoms with Crippen LogP contribution in [-0.2, 0) is 4.79 Å². The lowest BCUT2D eigenvalue weighted by molar-refractivity contribution is -0.126. The first-order chi connectivity index (χ1) is 8.17. The average molecular weight is 240 g/mol. The summed E-state index contributed by atoms with van der Waals surface area (Å²) in [5, 5.41) is 6.62. The van der Waals surface area contributed by atoms with Crippen molar-refractivity contribution in [2.45, 2.75) is 71.4 Å². The lowest BCUT2D eigenvalue weighted by Gasteiger charge is -2.29. The largest absolute Gasteiger partial charge is 0.352 e. The first-order valence-corrected chi connectivity index (χ1v) is 7.21. The molecule has 0 saturated carbocycles. The number of hydrogen-bond donors (Lipinski definition) is 2. The van der Waals surface area contributed by atoms with Crippen LogP contribution in [0.25, 0.3) is 0 Å². The molecule has 0 aromatic rings. The summed E-state index contributed by atoms with van der Waals surface area (Å²) in [5.41, 5.74) is 0. The van der Waals surface area contributed by atoms with E-state index >= 15 is 0 Å². The van der Waals surface area contributed by atoms with Gasteiger partial charge in [-0.15, -0.1) is 0 Å². The summed E-state index contributed by atoms with van der Waals surface area (Å²) in [5.74, 6) is 0.483. The summed E-state index contributed by atoms with van der Waals surface area (Å²) in [6.45, 7) is 7.42. The van der Waals surface area contributed by atoms with E-state index in [0.29, 0.717) is 12.1 Å². The third-order valence-electron chi connectivity index (χ3n) is 3.78. The zero-order valence-corrected chi connectivity index (χ0v) is 11.6. The molecule has 0 spiro atoms. The van der Waals surface area contributed by atoms with Crippen LogP contribution >= 0.6 is 0 Å². The van der Waals surface area contributed by atoms with E-state index in [4.69, 9.17) is 0 Å². The summed E-state index contributed by atoms with van der Waals surface area (Å²) >= 11 is 0. The molecule has 0 aliphatic carbocycles. The molecule has 0 radical (unpaired) electrons. The second-order valence-corrected chi connectivity index (χ2v) is 5.34. The van der Waals surface area contributed by atoms with Gasteiger partial charge in [-0.3, -0.25) is 4.79 Å². The molecule has 0 aromatic heterocycles. The number of carbonyl (C=O) groups is 1. The molecular weight excluding hydrogens is 212 g/mol. The van der Waals surface area contributed by atoms with Crippen LogP contribution in [0, 0.1) is 5.92 Å². The molecule has 1 rings (SSSR count). The Morgan fingerprint density at radius 3 is 2.71 bits per heavy atom. The van der Waals surface area contributed by atoms with Gasteiger partial charge in [0.1, 0.15) is 0 Å². The Bertz CT molecular complexity index is 222. The van der Waals surface area contributed by atoms with E-state index in [1.807, 2.05) is 0 Å². The molecule has 2 N–H and O–H groups in total. The molecular formula is C14H28N2O. The normalized spacial score (nSPS) is 26.5. The highest BCUT2D eigenvalue weighted by Gasteiger charge is 2.22. The fourth-order valence-electron chi connectivity index (χ4n) is 2.41. The Morgan fingerprint density at radius 2 is 2.18 bits per heavy atom. The summed E-state index contributed by atoms with van der Waals surface area (Å²) in [6, 6.07) is 0.944. The van der Waals surface area contributed by atoms with Crippen molar-refractivity contribution in [2.24, 2.45) is 5.92 Å². The number of rotatable bonds is 6. The molecule has 100 valence electrons. The predicted octanol–water partition coefficient (Wildman–Crippen LogP) is 2.46. The van der Waals surface area contributed by atoms with E-state index in [1.54, 1.807) is 0 Å². The summed E-state index contributed by atoms with van der Waals surface area (Å²) in [4.78, 5) is 12.1. The summed E-state index contributed by atoms with van der Waals surface area (Å²) < 4.78 is 0. The maximum Gasteiger partial charge on any atom is 0.223 e. The van der Waals surface area contributed by atoms with Crippen LogP contribution in [0.2, 0.25) is 0 Å². The Morgan fingerprint density at radius 1 is 1.41 bits per heavy atom. The van der Waals surface area contributed by atoms with Gasteiger partial charge in [0.2, 0.25) is 5.91 Å². The SMILES string of the molecule is CCCCC(CC)C(=O)NC1CCC(C)NC1. The standard InChI is InChI=1S/C14H28N2O/c1-4-6-7-12(5-2)14(17)16-13-9-8-11(3)15-10-13/h11-13,15H,4-10H2,1-3H3,(H,16,17). The van der Waals surface area contributed by atoms with Crippen LogP contribution in [0.15, 0.2) is 0 Å². The molecule has 1 saturated heterocycles. The fourth-order valence-corrected chi connectivity index (χ4v) is 2.41. The number of amides is 1. The van der Waals surface area contributed by atoms with Gasteiger partial charge in [-0.25, -0.2) is 0 Å². The second-order valence-electron chi connectivity index (χ2n) is 5.34. The molecule has 0 bridgehead atoms. The van der Waals surface area contributed by atoms with Crippen LogP contribution in [0.1, 0.15) is 59.3 Å². The topological polar surface area (TPSA) is 41.1 Å². The van der Waals surface area contributed by atoms with Crippen LogP contribution in [0.4, 0.5) is 0 Å². The minimum atomic E-state index is 0.217. The van der Waals surface area contributed by atoms with Crippen LogP contribution in [-0.4, -0.2) is 24.5 Å². The Kier molecular flexibility index (Phi) is 6.56. The van der Waals surface area contributed by atoms with E-state index in [9.17, 15) is 4.79 Å².